The third kappa shape index (κ3) is 4.35. The van der Waals surface area contributed by atoms with Crippen LogP contribution in [0.5, 0.6) is 5.75 Å². The van der Waals surface area contributed by atoms with E-state index in [1.165, 1.54) is 23.0 Å². The van der Waals surface area contributed by atoms with E-state index in [0.717, 1.165) is 17.1 Å². The van der Waals surface area contributed by atoms with Gasteiger partial charge in [-0.3, -0.25) is 0 Å². The highest BCUT2D eigenvalue weighted by atomic mass is 32.2. The maximum absolute atomic E-state index is 10.4. The number of nitrogens with zero attached hydrogens (tertiary/aromatic N) is 1. The smallest absolute Gasteiger partial charge is 0.321 e. The molecule has 0 amide bonds. The monoisotopic (exact) mass is 404 g/mol. The van der Waals surface area contributed by atoms with Gasteiger partial charge < -0.3 is 9.29 Å². The van der Waals surface area contributed by atoms with Crippen LogP contribution in [0.4, 0.5) is 5.82 Å². The minimum atomic E-state index is -4.27. The topological polar surface area (TPSA) is 82.3 Å². The lowest BCUT2D eigenvalue weighted by Gasteiger charge is -2.05. The van der Waals surface area contributed by atoms with Crippen LogP contribution < -0.4 is 14.6 Å². The molecular formula is C19H20N2O4S2. The van der Waals surface area contributed by atoms with Gasteiger partial charge in [0.25, 0.3) is 5.56 Å². The first-order valence-corrected chi connectivity index (χ1v) is 10.9. The molecule has 1 aromatic heterocycles. The van der Waals surface area contributed by atoms with Gasteiger partial charge in [-0.25, -0.2) is 18.3 Å². The second-order valence-corrected chi connectivity index (χ2v) is 8.35. The maximum atomic E-state index is 10.4. The van der Waals surface area contributed by atoms with E-state index in [2.05, 4.69) is 41.2 Å². The molecule has 0 fully saturated rings. The molecule has 27 heavy (non-hydrogen) atoms. The van der Waals surface area contributed by atoms with Gasteiger partial charge in [-0.15, -0.1) is 0 Å². The third-order valence-electron chi connectivity index (χ3n) is 4.17. The Labute approximate surface area is 162 Å². The van der Waals surface area contributed by atoms with Crippen LogP contribution in [0.3, 0.4) is 0 Å². The number of aryl methyl sites for hydroxylation is 2. The molecule has 1 aliphatic rings. The zero-order chi connectivity index (χ0) is 19.6. The number of rotatable bonds is 2. The summed E-state index contributed by atoms with van der Waals surface area (Å²) >= 11 is 1.66. The van der Waals surface area contributed by atoms with Crippen molar-refractivity contribution in [1.82, 2.24) is 0 Å². The van der Waals surface area contributed by atoms with Crippen molar-refractivity contribution in [2.75, 3.05) is 11.6 Å². The molecule has 3 aromatic rings. The van der Waals surface area contributed by atoms with E-state index in [-0.39, 0.29) is 10.5 Å². The molecule has 0 aliphatic carbocycles. The lowest BCUT2D eigenvalue weighted by atomic mass is 10.2. The molecule has 0 saturated heterocycles. The number of ether oxygens (including phenoxy) is 1. The molecule has 0 spiro atoms. The SMILES string of the molecule is CSC1Nc2c(cc3ccccc3[n+]2C)O1.Cc1ccc(S(=O)(=O)[O-])cc1. The summed E-state index contributed by atoms with van der Waals surface area (Å²) in [5, 5.41) is 4.55. The van der Waals surface area contributed by atoms with Gasteiger partial charge in [0, 0.05) is 11.5 Å². The van der Waals surface area contributed by atoms with Crippen LogP contribution in [0, 0.1) is 6.92 Å². The third-order valence-corrected chi connectivity index (χ3v) is 5.66. The number of aromatic nitrogens is 1. The van der Waals surface area contributed by atoms with Gasteiger partial charge in [0.05, 0.1) is 11.9 Å². The van der Waals surface area contributed by atoms with E-state index in [0.29, 0.717) is 0 Å². The van der Waals surface area contributed by atoms with Crippen molar-refractivity contribution in [2.24, 2.45) is 7.05 Å². The minimum absolute atomic E-state index is 0.0259. The Morgan fingerprint density at radius 2 is 1.81 bits per heavy atom. The van der Waals surface area contributed by atoms with Crippen molar-refractivity contribution in [2.45, 2.75) is 17.4 Å². The van der Waals surface area contributed by atoms with Crippen molar-refractivity contribution in [1.29, 1.82) is 0 Å². The first-order chi connectivity index (χ1) is 12.8. The van der Waals surface area contributed by atoms with Crippen molar-refractivity contribution in [3.05, 3.63) is 60.2 Å². The second kappa shape index (κ2) is 7.75. The highest BCUT2D eigenvalue weighted by Gasteiger charge is 2.31. The average molecular weight is 405 g/mol. The maximum Gasteiger partial charge on any atom is 0.321 e. The number of hydrogen-bond acceptors (Lipinski definition) is 6. The fraction of sp³-hybridized carbons (Fsp3) is 0.211. The normalized spacial score (nSPS) is 15.3. The summed E-state index contributed by atoms with van der Waals surface area (Å²) in [5.74, 6) is 1.98. The molecule has 4 rings (SSSR count). The highest BCUT2D eigenvalue weighted by molar-refractivity contribution is 7.99. The molecule has 1 aliphatic heterocycles. The van der Waals surface area contributed by atoms with Crippen molar-refractivity contribution >= 4 is 38.6 Å². The number of fused-ring (bicyclic) bond motifs is 2. The van der Waals surface area contributed by atoms with Gasteiger partial charge in [-0.2, -0.15) is 0 Å². The van der Waals surface area contributed by atoms with Gasteiger partial charge in [0.1, 0.15) is 15.6 Å². The summed E-state index contributed by atoms with van der Waals surface area (Å²) < 4.78 is 39.1. The predicted octanol–water partition coefficient (Wildman–Crippen LogP) is 3.01. The standard InChI is InChI=1S/C12H12N2OS.C7H8O3S/c1-14-9-6-4-3-5-8(9)7-10-11(14)13-12(15-10)16-2;1-6-2-4-7(5-3-6)11(8,9)10/h3-7,12H,1-2H3;2-5H,1H3,(H,8,9,10). The molecule has 0 bridgehead atoms. The zero-order valence-corrected chi connectivity index (χ0v) is 16.8. The molecule has 1 unspecified atom stereocenters. The van der Waals surface area contributed by atoms with E-state index >= 15 is 0 Å². The van der Waals surface area contributed by atoms with E-state index in [1.54, 1.807) is 23.9 Å². The van der Waals surface area contributed by atoms with E-state index < -0.39 is 10.1 Å². The van der Waals surface area contributed by atoms with Gasteiger partial charge in [0.15, 0.2) is 0 Å². The molecule has 0 radical (unpaired) electrons. The van der Waals surface area contributed by atoms with Crippen molar-refractivity contribution < 1.29 is 22.3 Å². The molecule has 142 valence electrons. The molecule has 0 saturated carbocycles. The lowest BCUT2D eigenvalue weighted by Crippen LogP contribution is -2.32. The Morgan fingerprint density at radius 1 is 1.15 bits per heavy atom. The fourth-order valence-corrected chi connectivity index (χ4v) is 3.64. The van der Waals surface area contributed by atoms with Crippen LogP contribution in [0.15, 0.2) is 59.5 Å². The molecule has 2 heterocycles. The van der Waals surface area contributed by atoms with E-state index in [1.807, 2.05) is 19.2 Å². The largest absolute Gasteiger partial charge is 0.744 e. The number of benzene rings is 2. The van der Waals surface area contributed by atoms with Crippen LogP contribution in [0.25, 0.3) is 10.9 Å². The summed E-state index contributed by atoms with van der Waals surface area (Å²) in [6.45, 7) is 1.82. The molecule has 6 nitrogen and oxygen atoms in total. The van der Waals surface area contributed by atoms with E-state index in [4.69, 9.17) is 4.74 Å². The van der Waals surface area contributed by atoms with Crippen LogP contribution in [-0.2, 0) is 17.2 Å². The molecule has 1 atom stereocenters. The first-order valence-electron chi connectivity index (χ1n) is 8.20. The Bertz CT molecular complexity index is 1070. The van der Waals surface area contributed by atoms with Crippen LogP contribution in [-0.4, -0.2) is 24.8 Å². The Balaban J connectivity index is 0.000000168. The summed E-state index contributed by atoms with van der Waals surface area (Å²) in [5.41, 5.74) is 2.16. The van der Waals surface area contributed by atoms with E-state index in [9.17, 15) is 13.0 Å². The quantitative estimate of drug-likeness (QED) is 0.522. The molecular weight excluding hydrogens is 384 g/mol. The number of para-hydroxylation sites is 1. The van der Waals surface area contributed by atoms with Gasteiger partial charge in [-0.1, -0.05) is 47.7 Å². The lowest BCUT2D eigenvalue weighted by molar-refractivity contribution is -0.629. The number of hydrogen-bond donors (Lipinski definition) is 1. The fourth-order valence-electron chi connectivity index (χ4n) is 2.74. The Morgan fingerprint density at radius 3 is 2.44 bits per heavy atom. The van der Waals surface area contributed by atoms with Gasteiger partial charge in [0.2, 0.25) is 5.75 Å². The average Bonchev–Trinajstić information content (AvgIpc) is 3.06. The molecule has 2 aromatic carbocycles. The number of nitrogens with one attached hydrogen (secondary N) is 1. The van der Waals surface area contributed by atoms with Crippen LogP contribution in [0.1, 0.15) is 5.56 Å². The number of thioether (sulfide) groups is 1. The summed E-state index contributed by atoms with van der Waals surface area (Å²) in [7, 11) is -2.21. The minimum Gasteiger partial charge on any atom is -0.744 e. The van der Waals surface area contributed by atoms with Crippen LogP contribution >= 0.6 is 11.8 Å². The van der Waals surface area contributed by atoms with Gasteiger partial charge in [-0.05, 0) is 31.4 Å². The Hall–Kier alpha value is -2.29. The van der Waals surface area contributed by atoms with Crippen LogP contribution in [0.2, 0.25) is 0 Å². The van der Waals surface area contributed by atoms with Gasteiger partial charge >= 0.3 is 5.82 Å². The summed E-state index contributed by atoms with van der Waals surface area (Å²) in [6, 6.07) is 16.2. The number of anilines is 1. The van der Waals surface area contributed by atoms with Crippen molar-refractivity contribution in [3.8, 4) is 5.75 Å². The molecule has 8 heteroatoms. The second-order valence-electron chi connectivity index (χ2n) is 6.07. The highest BCUT2D eigenvalue weighted by Crippen LogP contribution is 2.33. The zero-order valence-electron chi connectivity index (χ0n) is 15.2. The van der Waals surface area contributed by atoms with Crippen molar-refractivity contribution in [3.63, 3.8) is 0 Å². The first kappa shape index (κ1) is 19.5. The molecule has 1 N–H and O–H groups in total. The number of pyridine rings is 1. The summed E-state index contributed by atoms with van der Waals surface area (Å²) in [4.78, 5) is -0.178. The predicted molar refractivity (Wildman–Crippen MR) is 106 cm³/mol. The Kier molecular flexibility index (Phi) is 5.59. The summed E-state index contributed by atoms with van der Waals surface area (Å²) in [6.07, 6.45) is 2.03.